The summed E-state index contributed by atoms with van der Waals surface area (Å²) in [5, 5.41) is 2.73. The Balaban J connectivity index is 0.00000133. The van der Waals surface area contributed by atoms with E-state index < -0.39 is 0 Å². The number of rotatable bonds is 2. The minimum absolute atomic E-state index is 0. The van der Waals surface area contributed by atoms with Crippen molar-refractivity contribution in [2.45, 2.75) is 0 Å². The molecule has 0 saturated carbocycles. The first kappa shape index (κ1) is 13.7. The zero-order chi connectivity index (χ0) is 12.4. The number of amides is 1. The summed E-state index contributed by atoms with van der Waals surface area (Å²) in [4.78, 5) is 26.9. The second kappa shape index (κ2) is 5.92. The third kappa shape index (κ3) is 2.81. The van der Waals surface area contributed by atoms with E-state index in [0.717, 1.165) is 0 Å². The number of nitrogens with zero attached hydrogens (tertiary/aromatic N) is 3. The molecule has 0 bridgehead atoms. The summed E-state index contributed by atoms with van der Waals surface area (Å²) in [7, 11) is 0. The normalized spacial score (nSPS) is 9.89. The Kier molecular flexibility index (Phi) is 4.26. The maximum atomic E-state index is 12.0. The molecule has 0 fully saturated rings. The number of imidazole rings is 1. The third-order valence-corrected chi connectivity index (χ3v) is 2.49. The quantitative estimate of drug-likeness (QED) is 0.680. The van der Waals surface area contributed by atoms with E-state index in [4.69, 9.17) is 0 Å². The first-order chi connectivity index (χ1) is 8.84. The molecule has 0 aliphatic rings. The van der Waals surface area contributed by atoms with Gasteiger partial charge in [0.1, 0.15) is 11.8 Å². The maximum Gasteiger partial charge on any atom is 0.256 e. The number of anilines is 1. The molecule has 0 atom stereocenters. The van der Waals surface area contributed by atoms with Crippen LogP contribution in [0.2, 0.25) is 0 Å². The summed E-state index contributed by atoms with van der Waals surface area (Å²) < 4.78 is 0. The molecule has 1 radical (unpaired) electrons. The molecule has 0 spiro atoms. The van der Waals surface area contributed by atoms with Gasteiger partial charge < -0.3 is 10.3 Å². The molecular weight excluding hydrogens is 253 g/mol. The molecule has 0 aliphatic carbocycles. The smallest absolute Gasteiger partial charge is 0.256 e. The van der Waals surface area contributed by atoms with E-state index in [2.05, 4.69) is 25.3 Å². The van der Waals surface area contributed by atoms with Crippen LogP contribution in [0.25, 0.3) is 11.2 Å². The van der Waals surface area contributed by atoms with E-state index in [0.29, 0.717) is 22.5 Å². The van der Waals surface area contributed by atoms with Crippen LogP contribution in [0.3, 0.4) is 0 Å². The molecule has 3 rings (SSSR count). The number of nitrogens with one attached hydrogen (secondary N) is 2. The first-order valence-electron chi connectivity index (χ1n) is 5.35. The molecule has 1 amide bonds. The third-order valence-electron chi connectivity index (χ3n) is 2.49. The van der Waals surface area contributed by atoms with Crippen LogP contribution in [-0.4, -0.2) is 55.4 Å². The largest absolute Gasteiger partial charge is 0.340 e. The zero-order valence-electron chi connectivity index (χ0n) is 10.3. The van der Waals surface area contributed by atoms with Crippen molar-refractivity contribution in [2.75, 3.05) is 5.32 Å². The maximum absolute atomic E-state index is 12.0. The average Bonchev–Trinajstić information content (AvgIpc) is 2.89. The van der Waals surface area contributed by atoms with Gasteiger partial charge in [0, 0.05) is 35.1 Å². The predicted octanol–water partition coefficient (Wildman–Crippen LogP) is 1.22. The Hall–Kier alpha value is -1.76. The molecule has 1 aromatic carbocycles. The van der Waals surface area contributed by atoms with Gasteiger partial charge in [-0.2, -0.15) is 0 Å². The number of fused-ring (bicyclic) bond motifs is 1. The molecule has 0 aliphatic heterocycles. The number of hydrogen-bond acceptors (Lipinski definition) is 4. The standard InChI is InChI=1S/C12H9N5O.Na/c18-12(8-4-2-1-3-5-8)17-11-9-10(14-6-13-9)15-7-16-11;/h1-7H,(H2,13,14,15,16,17,18);. The first-order valence-corrected chi connectivity index (χ1v) is 5.35. The van der Waals surface area contributed by atoms with Crippen molar-refractivity contribution in [3.05, 3.63) is 48.5 Å². The molecule has 2 heterocycles. The van der Waals surface area contributed by atoms with Gasteiger partial charge in [0.25, 0.3) is 5.91 Å². The summed E-state index contributed by atoms with van der Waals surface area (Å²) in [6, 6.07) is 8.94. The molecular formula is C12H9N5NaO. The molecule has 19 heavy (non-hydrogen) atoms. The number of carbonyl (C=O) groups is 1. The number of H-pyrrole nitrogens is 1. The van der Waals surface area contributed by atoms with Crippen molar-refractivity contribution in [3.63, 3.8) is 0 Å². The summed E-state index contributed by atoms with van der Waals surface area (Å²) in [5.74, 6) is 0.205. The Labute approximate surface area is 131 Å². The van der Waals surface area contributed by atoms with Crippen LogP contribution in [0, 0.1) is 0 Å². The van der Waals surface area contributed by atoms with Crippen LogP contribution < -0.4 is 5.32 Å². The zero-order valence-corrected chi connectivity index (χ0v) is 12.3. The Morgan fingerprint density at radius 3 is 2.68 bits per heavy atom. The van der Waals surface area contributed by atoms with Crippen molar-refractivity contribution in [1.29, 1.82) is 0 Å². The Morgan fingerprint density at radius 1 is 1.11 bits per heavy atom. The fourth-order valence-electron chi connectivity index (χ4n) is 1.63. The van der Waals surface area contributed by atoms with Gasteiger partial charge in [-0.25, -0.2) is 15.0 Å². The van der Waals surface area contributed by atoms with Crippen LogP contribution in [0.5, 0.6) is 0 Å². The minimum atomic E-state index is -0.217. The molecule has 3 aromatic rings. The number of aromatic amines is 1. The minimum Gasteiger partial charge on any atom is -0.340 e. The van der Waals surface area contributed by atoms with Gasteiger partial charge in [0.05, 0.1) is 6.33 Å². The van der Waals surface area contributed by atoms with Crippen LogP contribution >= 0.6 is 0 Å². The molecule has 89 valence electrons. The van der Waals surface area contributed by atoms with Gasteiger partial charge in [0.15, 0.2) is 11.5 Å². The van der Waals surface area contributed by atoms with E-state index in [1.54, 1.807) is 24.3 Å². The summed E-state index contributed by atoms with van der Waals surface area (Å²) in [5.41, 5.74) is 1.71. The summed E-state index contributed by atoms with van der Waals surface area (Å²) >= 11 is 0. The van der Waals surface area contributed by atoms with Gasteiger partial charge in [-0.15, -0.1) is 0 Å². The van der Waals surface area contributed by atoms with E-state index in [-0.39, 0.29) is 35.5 Å². The number of aromatic nitrogens is 4. The van der Waals surface area contributed by atoms with Crippen LogP contribution in [0.4, 0.5) is 5.82 Å². The van der Waals surface area contributed by atoms with Gasteiger partial charge in [-0.05, 0) is 12.1 Å². The molecule has 2 N–H and O–H groups in total. The van der Waals surface area contributed by atoms with Crippen LogP contribution in [0.1, 0.15) is 10.4 Å². The molecule has 6 nitrogen and oxygen atoms in total. The van der Waals surface area contributed by atoms with Crippen molar-refractivity contribution in [2.24, 2.45) is 0 Å². The molecule has 0 saturated heterocycles. The van der Waals surface area contributed by atoms with Gasteiger partial charge in [0.2, 0.25) is 0 Å². The van der Waals surface area contributed by atoms with Gasteiger partial charge in [-0.3, -0.25) is 4.79 Å². The van der Waals surface area contributed by atoms with Crippen LogP contribution in [-0.2, 0) is 0 Å². The number of benzene rings is 1. The number of hydrogen-bond donors (Lipinski definition) is 2. The fourth-order valence-corrected chi connectivity index (χ4v) is 1.63. The molecule has 0 unspecified atom stereocenters. The van der Waals surface area contributed by atoms with Gasteiger partial charge in [-0.1, -0.05) is 18.2 Å². The Bertz CT molecular complexity index is 697. The van der Waals surface area contributed by atoms with Crippen molar-refractivity contribution < 1.29 is 4.79 Å². The number of carbonyl (C=O) groups excluding carboxylic acids is 1. The average molecular weight is 262 g/mol. The van der Waals surface area contributed by atoms with E-state index >= 15 is 0 Å². The SMILES string of the molecule is O=C(Nc1ncnc2nc[nH]c12)c1ccccc1.[Na]. The molecule has 7 heteroatoms. The van der Waals surface area contributed by atoms with E-state index in [1.807, 2.05) is 6.07 Å². The monoisotopic (exact) mass is 262 g/mol. The summed E-state index contributed by atoms with van der Waals surface area (Å²) in [6.07, 6.45) is 2.88. The summed E-state index contributed by atoms with van der Waals surface area (Å²) in [6.45, 7) is 0. The second-order valence-corrected chi connectivity index (χ2v) is 3.64. The Morgan fingerprint density at radius 2 is 1.89 bits per heavy atom. The molecule has 2 aromatic heterocycles. The van der Waals surface area contributed by atoms with Crippen molar-refractivity contribution in [3.8, 4) is 0 Å². The van der Waals surface area contributed by atoms with Crippen LogP contribution in [0.15, 0.2) is 43.0 Å². The van der Waals surface area contributed by atoms with Gasteiger partial charge >= 0.3 is 0 Å². The van der Waals surface area contributed by atoms with E-state index in [9.17, 15) is 4.79 Å². The van der Waals surface area contributed by atoms with Crippen molar-refractivity contribution in [1.82, 2.24) is 19.9 Å². The topological polar surface area (TPSA) is 83.6 Å². The fraction of sp³-hybridized carbons (Fsp3) is 0. The second-order valence-electron chi connectivity index (χ2n) is 3.64. The van der Waals surface area contributed by atoms with Crippen molar-refractivity contribution >= 4 is 52.4 Å². The predicted molar refractivity (Wildman–Crippen MR) is 71.8 cm³/mol. The van der Waals surface area contributed by atoms with E-state index in [1.165, 1.54) is 12.7 Å².